The molecule has 1 aliphatic carbocycles. The van der Waals surface area contributed by atoms with Crippen molar-refractivity contribution in [3.63, 3.8) is 0 Å². The second-order valence-corrected chi connectivity index (χ2v) is 6.03. The molecule has 4 rings (SSSR count). The number of hydrogen-bond donors (Lipinski definition) is 0. The van der Waals surface area contributed by atoms with Gasteiger partial charge in [-0.1, -0.05) is 6.07 Å². The molecular weight excluding hydrogens is 300 g/mol. The van der Waals surface area contributed by atoms with Crippen molar-refractivity contribution in [3.05, 3.63) is 65.6 Å². The topological polar surface area (TPSA) is 43.1 Å². The van der Waals surface area contributed by atoms with Gasteiger partial charge in [0.2, 0.25) is 11.4 Å². The summed E-state index contributed by atoms with van der Waals surface area (Å²) in [7, 11) is 0. The van der Waals surface area contributed by atoms with E-state index in [4.69, 9.17) is 4.74 Å². The first kappa shape index (κ1) is 14.8. The van der Waals surface area contributed by atoms with Gasteiger partial charge in [0.05, 0.1) is 12.1 Å². The number of rotatable bonds is 3. The third-order valence-corrected chi connectivity index (χ3v) is 4.47. The van der Waals surface area contributed by atoms with Gasteiger partial charge in [0, 0.05) is 23.6 Å². The third kappa shape index (κ3) is 2.54. The van der Waals surface area contributed by atoms with Gasteiger partial charge in [-0.3, -0.25) is 0 Å². The molecule has 0 unspecified atom stereocenters. The van der Waals surface area contributed by atoms with E-state index in [2.05, 4.69) is 17.1 Å². The molecule has 2 aromatic heterocycles. The monoisotopic (exact) mass is 319 g/mol. The number of nitrogens with zero attached hydrogens (tertiary/aromatic N) is 2. The lowest BCUT2D eigenvalue weighted by Gasteiger charge is -2.08. The van der Waals surface area contributed by atoms with Crippen molar-refractivity contribution in [2.45, 2.75) is 26.2 Å². The van der Waals surface area contributed by atoms with E-state index >= 15 is 0 Å². The van der Waals surface area contributed by atoms with Crippen molar-refractivity contribution in [3.8, 4) is 5.69 Å². The fourth-order valence-corrected chi connectivity index (χ4v) is 3.34. The number of fused-ring (bicyclic) bond motifs is 2. The van der Waals surface area contributed by atoms with E-state index in [9.17, 15) is 4.79 Å². The summed E-state index contributed by atoms with van der Waals surface area (Å²) < 4.78 is 7.13. The number of esters is 1. The van der Waals surface area contributed by atoms with Crippen molar-refractivity contribution in [1.29, 1.82) is 0 Å². The highest BCUT2D eigenvalue weighted by atomic mass is 16.5. The molecule has 0 radical (unpaired) electrons. The summed E-state index contributed by atoms with van der Waals surface area (Å²) in [4.78, 5) is 17.1. The van der Waals surface area contributed by atoms with Crippen LogP contribution in [0.4, 0.5) is 0 Å². The number of hydrogen-bond acceptors (Lipinski definition) is 3. The van der Waals surface area contributed by atoms with Crippen LogP contribution in [-0.4, -0.2) is 17.6 Å². The summed E-state index contributed by atoms with van der Waals surface area (Å²) in [5.41, 5.74) is 4.72. The number of benzene rings is 1. The first-order valence-corrected chi connectivity index (χ1v) is 8.36. The van der Waals surface area contributed by atoms with Gasteiger partial charge in [0.25, 0.3) is 0 Å². The Labute approximate surface area is 140 Å². The Morgan fingerprint density at radius 1 is 1.12 bits per heavy atom. The Morgan fingerprint density at radius 3 is 2.62 bits per heavy atom. The fourth-order valence-electron chi connectivity index (χ4n) is 3.34. The summed E-state index contributed by atoms with van der Waals surface area (Å²) >= 11 is 0. The summed E-state index contributed by atoms with van der Waals surface area (Å²) in [6.45, 7) is 2.14. The zero-order valence-electron chi connectivity index (χ0n) is 13.7. The highest BCUT2D eigenvalue weighted by molar-refractivity contribution is 5.95. The summed E-state index contributed by atoms with van der Waals surface area (Å²) in [5.74, 6) is -0.383. The molecule has 0 atom stereocenters. The fraction of sp³-hybridized carbons (Fsp3) is 0.250. The van der Waals surface area contributed by atoms with E-state index in [1.54, 1.807) is 6.92 Å². The van der Waals surface area contributed by atoms with E-state index in [1.807, 2.05) is 41.2 Å². The minimum absolute atomic E-state index is 0.335. The predicted molar refractivity (Wildman–Crippen MR) is 91.3 cm³/mol. The lowest BCUT2D eigenvalue weighted by atomic mass is 10.1. The van der Waals surface area contributed by atoms with Crippen molar-refractivity contribution < 1.29 is 14.1 Å². The number of pyridine rings is 2. The Hall–Kier alpha value is -2.75. The van der Waals surface area contributed by atoms with Crippen LogP contribution < -0.4 is 4.57 Å². The second-order valence-electron chi connectivity index (χ2n) is 6.03. The molecule has 0 aliphatic heterocycles. The molecular formula is C20H19N2O2+. The molecule has 2 heterocycles. The van der Waals surface area contributed by atoms with Gasteiger partial charge >= 0.3 is 5.97 Å². The average Bonchev–Trinajstić information content (AvgIpc) is 3.06. The minimum atomic E-state index is -0.383. The normalized spacial score (nSPS) is 13.0. The smallest absolute Gasteiger partial charge is 0.363 e. The Balaban J connectivity index is 1.95. The first-order valence-electron chi connectivity index (χ1n) is 8.36. The van der Waals surface area contributed by atoms with Crippen molar-refractivity contribution in [2.24, 2.45) is 0 Å². The SMILES string of the molecule is CCOC(=O)c1nc2cc3c(cc2cc1-[n+]1ccccc1)CCC3. The molecule has 0 amide bonds. The molecule has 0 bridgehead atoms. The maximum Gasteiger partial charge on any atom is 0.363 e. The van der Waals surface area contributed by atoms with E-state index < -0.39 is 0 Å². The number of carbonyl (C=O) groups excluding carboxylic acids is 1. The van der Waals surface area contributed by atoms with Crippen LogP contribution in [0.3, 0.4) is 0 Å². The van der Waals surface area contributed by atoms with E-state index in [-0.39, 0.29) is 5.97 Å². The largest absolute Gasteiger partial charge is 0.461 e. The van der Waals surface area contributed by atoms with Crippen molar-refractivity contribution in [2.75, 3.05) is 6.61 Å². The lowest BCUT2D eigenvalue weighted by Crippen LogP contribution is -2.32. The van der Waals surface area contributed by atoms with Gasteiger partial charge in [-0.2, -0.15) is 4.57 Å². The van der Waals surface area contributed by atoms with Gasteiger partial charge in [0.15, 0.2) is 12.4 Å². The maximum absolute atomic E-state index is 12.4. The highest BCUT2D eigenvalue weighted by Crippen LogP contribution is 2.28. The Bertz CT molecular complexity index is 920. The molecule has 0 fully saturated rings. The zero-order chi connectivity index (χ0) is 16.5. The van der Waals surface area contributed by atoms with Gasteiger partial charge in [0.1, 0.15) is 0 Å². The summed E-state index contributed by atoms with van der Waals surface area (Å²) in [6, 6.07) is 12.2. The van der Waals surface area contributed by atoms with Gasteiger partial charge in [-0.15, -0.1) is 0 Å². The first-order chi connectivity index (χ1) is 11.8. The van der Waals surface area contributed by atoms with Crippen molar-refractivity contribution in [1.82, 2.24) is 4.98 Å². The Kier molecular flexibility index (Phi) is 3.73. The molecule has 3 aromatic rings. The van der Waals surface area contributed by atoms with Gasteiger partial charge < -0.3 is 4.74 Å². The molecule has 4 heteroatoms. The zero-order valence-corrected chi connectivity index (χ0v) is 13.7. The molecule has 4 nitrogen and oxygen atoms in total. The number of carbonyl (C=O) groups is 1. The van der Waals surface area contributed by atoms with Crippen LogP contribution in [0.25, 0.3) is 16.6 Å². The number of aromatic nitrogens is 2. The highest BCUT2D eigenvalue weighted by Gasteiger charge is 2.24. The Morgan fingerprint density at radius 2 is 1.88 bits per heavy atom. The minimum Gasteiger partial charge on any atom is -0.461 e. The second kappa shape index (κ2) is 6.04. The van der Waals surface area contributed by atoms with Crippen molar-refractivity contribution >= 4 is 16.9 Å². The molecule has 0 saturated heterocycles. The van der Waals surface area contributed by atoms with Crippen LogP contribution in [-0.2, 0) is 17.6 Å². The van der Waals surface area contributed by atoms with Gasteiger partial charge in [-0.05, 0) is 49.4 Å². The molecule has 120 valence electrons. The van der Waals surface area contributed by atoms with Crippen LogP contribution in [0.5, 0.6) is 0 Å². The molecule has 0 spiro atoms. The van der Waals surface area contributed by atoms with Crippen LogP contribution in [0.1, 0.15) is 35.0 Å². The maximum atomic E-state index is 12.4. The molecule has 24 heavy (non-hydrogen) atoms. The number of aryl methyl sites for hydroxylation is 2. The van der Waals surface area contributed by atoms with E-state index in [1.165, 1.54) is 17.5 Å². The number of ether oxygens (including phenoxy) is 1. The van der Waals surface area contributed by atoms with E-state index in [0.717, 1.165) is 29.4 Å². The lowest BCUT2D eigenvalue weighted by molar-refractivity contribution is -0.596. The van der Waals surface area contributed by atoms with Crippen LogP contribution in [0, 0.1) is 0 Å². The quantitative estimate of drug-likeness (QED) is 0.550. The molecule has 1 aromatic carbocycles. The third-order valence-electron chi connectivity index (χ3n) is 4.47. The van der Waals surface area contributed by atoms with Crippen LogP contribution in [0.2, 0.25) is 0 Å². The summed E-state index contributed by atoms with van der Waals surface area (Å²) in [6.07, 6.45) is 7.24. The average molecular weight is 319 g/mol. The standard InChI is InChI=1S/C20H19N2O2/c1-2-24-20(23)19-18(22-9-4-3-5-10-22)13-16-11-14-7-6-8-15(14)12-17(16)21-19/h3-5,9-13H,2,6-8H2,1H3/q+1. The predicted octanol–water partition coefficient (Wildman–Crippen LogP) is 3.18. The van der Waals surface area contributed by atoms with Crippen LogP contribution in [0.15, 0.2) is 48.8 Å². The molecule has 0 saturated carbocycles. The van der Waals surface area contributed by atoms with E-state index in [0.29, 0.717) is 12.3 Å². The van der Waals surface area contributed by atoms with Crippen LogP contribution >= 0.6 is 0 Å². The van der Waals surface area contributed by atoms with Gasteiger partial charge in [-0.25, -0.2) is 9.78 Å². The summed E-state index contributed by atoms with van der Waals surface area (Å²) in [5, 5.41) is 1.06. The molecule has 1 aliphatic rings. The molecule has 0 N–H and O–H groups in total.